The first-order chi connectivity index (χ1) is 13.9. The van der Waals surface area contributed by atoms with Gasteiger partial charge in [0.15, 0.2) is 0 Å². The second-order valence-corrected chi connectivity index (χ2v) is 9.87. The molecule has 0 saturated heterocycles. The first-order valence-corrected chi connectivity index (χ1v) is 11.4. The Kier molecular flexibility index (Phi) is 7.87. The summed E-state index contributed by atoms with van der Waals surface area (Å²) < 4.78 is 62.3. The summed E-state index contributed by atoms with van der Waals surface area (Å²) in [4.78, 5) is 24.3. The van der Waals surface area contributed by atoms with Crippen molar-refractivity contribution in [2.75, 3.05) is 18.1 Å². The highest BCUT2D eigenvalue weighted by molar-refractivity contribution is 7.91. The monoisotopic (exact) mass is 449 g/mol. The molecular formula is C19H26F3N3O4S. The van der Waals surface area contributed by atoms with Crippen LogP contribution in [0.4, 0.5) is 13.2 Å². The van der Waals surface area contributed by atoms with Gasteiger partial charge in [-0.15, -0.1) is 0 Å². The van der Waals surface area contributed by atoms with Crippen LogP contribution in [-0.4, -0.2) is 50.4 Å². The van der Waals surface area contributed by atoms with Gasteiger partial charge in [0, 0.05) is 23.4 Å². The summed E-state index contributed by atoms with van der Waals surface area (Å²) in [5, 5.41) is 5.01. The van der Waals surface area contributed by atoms with Crippen molar-refractivity contribution in [2.24, 2.45) is 11.7 Å². The zero-order valence-electron chi connectivity index (χ0n) is 16.5. The zero-order valence-corrected chi connectivity index (χ0v) is 17.4. The van der Waals surface area contributed by atoms with Crippen LogP contribution in [0.2, 0.25) is 0 Å². The third-order valence-electron chi connectivity index (χ3n) is 5.14. The summed E-state index contributed by atoms with van der Waals surface area (Å²) >= 11 is 0. The van der Waals surface area contributed by atoms with Gasteiger partial charge in [-0.1, -0.05) is 13.0 Å². The van der Waals surface area contributed by atoms with Gasteiger partial charge in [-0.3, -0.25) is 9.59 Å². The van der Waals surface area contributed by atoms with E-state index in [9.17, 15) is 31.2 Å². The number of nitrogens with two attached hydrogens (primary N) is 1. The molecule has 1 aromatic rings. The third kappa shape index (κ3) is 6.98. The van der Waals surface area contributed by atoms with E-state index in [4.69, 9.17) is 5.73 Å². The van der Waals surface area contributed by atoms with Gasteiger partial charge < -0.3 is 16.4 Å². The molecule has 0 heterocycles. The molecule has 0 unspecified atom stereocenters. The van der Waals surface area contributed by atoms with Gasteiger partial charge in [-0.2, -0.15) is 13.2 Å². The smallest absolute Gasteiger partial charge is 0.352 e. The van der Waals surface area contributed by atoms with E-state index in [-0.39, 0.29) is 29.0 Å². The number of carbonyl (C=O) groups is 2. The lowest BCUT2D eigenvalue weighted by Crippen LogP contribution is -2.50. The van der Waals surface area contributed by atoms with E-state index < -0.39 is 46.0 Å². The van der Waals surface area contributed by atoms with Gasteiger partial charge in [0.2, 0.25) is 5.91 Å². The number of nitrogens with one attached hydrogen (secondary N) is 2. The summed E-state index contributed by atoms with van der Waals surface area (Å²) in [6.07, 6.45) is -2.98. The van der Waals surface area contributed by atoms with E-state index in [0.717, 1.165) is 12.1 Å². The molecular weight excluding hydrogens is 423 g/mol. The molecule has 30 heavy (non-hydrogen) atoms. The molecule has 168 valence electrons. The summed E-state index contributed by atoms with van der Waals surface area (Å²) in [5.41, 5.74) is 4.76. The number of benzene rings is 1. The van der Waals surface area contributed by atoms with Crippen LogP contribution in [0.25, 0.3) is 0 Å². The lowest BCUT2D eigenvalue weighted by atomic mass is 9.83. The fourth-order valence-electron chi connectivity index (χ4n) is 3.48. The van der Waals surface area contributed by atoms with Crippen molar-refractivity contribution >= 4 is 21.7 Å². The second-order valence-electron chi connectivity index (χ2n) is 7.47. The maximum atomic E-state index is 12.8. The number of hydrogen-bond acceptors (Lipinski definition) is 5. The number of rotatable bonds is 7. The molecule has 1 aliphatic rings. The minimum atomic E-state index is -4.58. The molecule has 0 spiro atoms. The number of amides is 2. The van der Waals surface area contributed by atoms with Crippen molar-refractivity contribution in [3.63, 3.8) is 0 Å². The Morgan fingerprint density at radius 3 is 2.57 bits per heavy atom. The number of sulfone groups is 1. The van der Waals surface area contributed by atoms with E-state index in [0.29, 0.717) is 25.3 Å². The lowest BCUT2D eigenvalue weighted by molar-refractivity contribution is -0.137. The maximum absolute atomic E-state index is 12.8. The minimum Gasteiger partial charge on any atom is -0.352 e. The van der Waals surface area contributed by atoms with Gasteiger partial charge in [-0.05, 0) is 43.4 Å². The predicted octanol–water partition coefficient (Wildman–Crippen LogP) is 1.48. The minimum absolute atomic E-state index is 0.00749. The van der Waals surface area contributed by atoms with Gasteiger partial charge in [0.05, 0.1) is 17.9 Å². The number of alkyl halides is 3. The van der Waals surface area contributed by atoms with Gasteiger partial charge >= 0.3 is 6.18 Å². The molecule has 0 aromatic heterocycles. The molecule has 0 aliphatic heterocycles. The lowest BCUT2D eigenvalue weighted by Gasteiger charge is -2.35. The molecule has 4 N–H and O–H groups in total. The normalized spacial score (nSPS) is 22.4. The number of hydrogen-bond donors (Lipinski definition) is 3. The molecule has 0 radical (unpaired) electrons. The van der Waals surface area contributed by atoms with Gasteiger partial charge in [-0.25, -0.2) is 8.42 Å². The molecule has 2 rings (SSSR count). The van der Waals surface area contributed by atoms with Crippen LogP contribution in [0.15, 0.2) is 24.3 Å². The average Bonchev–Trinajstić information content (AvgIpc) is 2.67. The van der Waals surface area contributed by atoms with Crippen LogP contribution < -0.4 is 16.4 Å². The molecule has 1 aliphatic carbocycles. The summed E-state index contributed by atoms with van der Waals surface area (Å²) in [6.45, 7) is 1.11. The average molecular weight is 449 g/mol. The Labute approximate surface area is 173 Å². The summed E-state index contributed by atoms with van der Waals surface area (Å²) in [5.74, 6) is -1.78. The van der Waals surface area contributed by atoms with Crippen LogP contribution in [0.5, 0.6) is 0 Å². The maximum Gasteiger partial charge on any atom is 0.416 e. The van der Waals surface area contributed by atoms with Gasteiger partial charge in [0.25, 0.3) is 5.91 Å². The molecule has 1 fully saturated rings. The highest BCUT2D eigenvalue weighted by Crippen LogP contribution is 2.29. The summed E-state index contributed by atoms with van der Waals surface area (Å²) in [6, 6.07) is 3.35. The molecule has 0 bridgehead atoms. The van der Waals surface area contributed by atoms with Crippen molar-refractivity contribution in [1.29, 1.82) is 0 Å². The molecule has 1 saturated carbocycles. The fraction of sp³-hybridized carbons (Fsp3) is 0.579. The zero-order chi connectivity index (χ0) is 22.5. The van der Waals surface area contributed by atoms with Crippen molar-refractivity contribution < 1.29 is 31.2 Å². The standard InChI is InChI=1S/C19H26F3N3O4S/c1-2-30(28,29)11-13-9-15(23)6-7-16(13)25-17(26)10-24-18(27)12-4-3-5-14(8-12)19(20,21)22/h3-5,8,13,15-16H,2,6-7,9-11,23H2,1H3,(H,24,27)(H,25,26)/t13-,15+,16-/m0/s1. The Morgan fingerprint density at radius 2 is 1.93 bits per heavy atom. The van der Waals surface area contributed by atoms with Gasteiger partial charge in [0.1, 0.15) is 9.84 Å². The second kappa shape index (κ2) is 9.78. The highest BCUT2D eigenvalue weighted by Gasteiger charge is 2.33. The molecule has 7 nitrogen and oxygen atoms in total. The third-order valence-corrected chi connectivity index (χ3v) is 6.95. The van der Waals surface area contributed by atoms with Crippen LogP contribution in [0.3, 0.4) is 0 Å². The SMILES string of the molecule is CCS(=O)(=O)C[C@@H]1C[C@H](N)CC[C@@H]1NC(=O)CNC(=O)c1cccc(C(F)(F)F)c1. The van der Waals surface area contributed by atoms with Crippen LogP contribution >= 0.6 is 0 Å². The van der Waals surface area contributed by atoms with E-state index in [2.05, 4.69) is 10.6 Å². The van der Waals surface area contributed by atoms with Crippen LogP contribution in [0.1, 0.15) is 42.1 Å². The quantitative estimate of drug-likeness (QED) is 0.583. The van der Waals surface area contributed by atoms with Crippen molar-refractivity contribution in [1.82, 2.24) is 10.6 Å². The molecule has 2 amide bonds. The van der Waals surface area contributed by atoms with Crippen molar-refractivity contribution in [2.45, 2.75) is 44.4 Å². The highest BCUT2D eigenvalue weighted by atomic mass is 32.2. The number of halogens is 3. The fourth-order valence-corrected chi connectivity index (χ4v) is 4.73. The first-order valence-electron chi connectivity index (χ1n) is 9.62. The molecule has 3 atom stereocenters. The van der Waals surface area contributed by atoms with Crippen molar-refractivity contribution in [3.05, 3.63) is 35.4 Å². The molecule has 11 heteroatoms. The Hall–Kier alpha value is -2.14. The van der Waals surface area contributed by atoms with E-state index in [1.54, 1.807) is 6.92 Å². The van der Waals surface area contributed by atoms with Crippen molar-refractivity contribution in [3.8, 4) is 0 Å². The first kappa shape index (κ1) is 24.1. The Bertz CT molecular complexity index is 874. The summed E-state index contributed by atoms with van der Waals surface area (Å²) in [7, 11) is -3.26. The van der Waals surface area contributed by atoms with E-state index in [1.807, 2.05) is 0 Å². The predicted molar refractivity (Wildman–Crippen MR) is 105 cm³/mol. The van der Waals surface area contributed by atoms with Crippen LogP contribution in [-0.2, 0) is 20.8 Å². The largest absolute Gasteiger partial charge is 0.416 e. The van der Waals surface area contributed by atoms with E-state index >= 15 is 0 Å². The van der Waals surface area contributed by atoms with E-state index in [1.165, 1.54) is 6.07 Å². The van der Waals surface area contributed by atoms with Crippen LogP contribution in [0, 0.1) is 5.92 Å². The Morgan fingerprint density at radius 1 is 1.23 bits per heavy atom. The molecule has 1 aromatic carbocycles. The number of carbonyl (C=O) groups excluding carboxylic acids is 2. The topological polar surface area (TPSA) is 118 Å². The Balaban J connectivity index is 1.95.